The third-order valence-electron chi connectivity index (χ3n) is 5.28. The summed E-state index contributed by atoms with van der Waals surface area (Å²) in [6.45, 7) is 0.220. The summed E-state index contributed by atoms with van der Waals surface area (Å²) < 4.78 is 12.8. The van der Waals surface area contributed by atoms with Gasteiger partial charge in [-0.25, -0.2) is 4.98 Å². The molecule has 1 N–H and O–H groups in total. The number of anilines is 1. The monoisotopic (exact) mass is 413 g/mol. The van der Waals surface area contributed by atoms with Gasteiger partial charge in [-0.15, -0.1) is 0 Å². The van der Waals surface area contributed by atoms with Crippen LogP contribution in [0.2, 0.25) is 0 Å². The molecule has 1 amide bonds. The molecule has 0 radical (unpaired) electrons. The number of methoxy groups -OCH3 is 1. The van der Waals surface area contributed by atoms with Crippen molar-refractivity contribution in [2.45, 2.75) is 13.0 Å². The number of para-hydroxylation sites is 2. The zero-order valence-electron chi connectivity index (χ0n) is 16.8. The Hall–Kier alpha value is -4.13. The van der Waals surface area contributed by atoms with Gasteiger partial charge in [0.1, 0.15) is 16.9 Å². The van der Waals surface area contributed by atoms with Crippen LogP contribution in [0.5, 0.6) is 5.75 Å². The summed E-state index contributed by atoms with van der Waals surface area (Å²) in [4.78, 5) is 29.5. The van der Waals surface area contributed by atoms with E-state index >= 15 is 0 Å². The quantitative estimate of drug-likeness (QED) is 0.463. The van der Waals surface area contributed by atoms with Gasteiger partial charge in [-0.1, -0.05) is 30.3 Å². The van der Waals surface area contributed by atoms with Crippen molar-refractivity contribution in [3.8, 4) is 5.75 Å². The number of rotatable bonds is 5. The van der Waals surface area contributed by atoms with Gasteiger partial charge in [0, 0.05) is 29.8 Å². The van der Waals surface area contributed by atoms with Crippen LogP contribution in [0, 0.1) is 0 Å². The van der Waals surface area contributed by atoms with Crippen LogP contribution < -0.4 is 15.6 Å². The average molecular weight is 413 g/mol. The van der Waals surface area contributed by atoms with Gasteiger partial charge in [-0.3, -0.25) is 14.2 Å². The predicted octanol–water partition coefficient (Wildman–Crippen LogP) is 4.33. The SMILES string of the molecule is COc1cc2c(cc1NC(=O)CCn1cnc3ccccc3c1=O)oc1ccccc12. The molecule has 0 aliphatic carbocycles. The van der Waals surface area contributed by atoms with Crippen LogP contribution in [-0.2, 0) is 11.3 Å². The molecule has 7 heteroatoms. The number of carbonyl (C=O) groups is 1. The number of amides is 1. The first kappa shape index (κ1) is 18.9. The number of hydrogen-bond acceptors (Lipinski definition) is 5. The second kappa shape index (κ2) is 7.60. The fourth-order valence-electron chi connectivity index (χ4n) is 3.72. The molecule has 3 aromatic carbocycles. The maximum Gasteiger partial charge on any atom is 0.261 e. The highest BCUT2D eigenvalue weighted by Crippen LogP contribution is 2.36. The number of aromatic nitrogens is 2. The zero-order chi connectivity index (χ0) is 21.4. The summed E-state index contributed by atoms with van der Waals surface area (Å²) in [5.74, 6) is 0.297. The Kier molecular flexibility index (Phi) is 4.63. The lowest BCUT2D eigenvalue weighted by Gasteiger charge is -2.11. The molecule has 154 valence electrons. The summed E-state index contributed by atoms with van der Waals surface area (Å²) >= 11 is 0. The summed E-state index contributed by atoms with van der Waals surface area (Å²) in [6.07, 6.45) is 1.58. The summed E-state index contributed by atoms with van der Waals surface area (Å²) in [5.41, 5.74) is 2.42. The van der Waals surface area contributed by atoms with Gasteiger partial charge in [0.15, 0.2) is 0 Å². The van der Waals surface area contributed by atoms with E-state index in [1.54, 1.807) is 31.4 Å². The van der Waals surface area contributed by atoms with Crippen molar-refractivity contribution in [1.82, 2.24) is 9.55 Å². The van der Waals surface area contributed by atoms with E-state index in [2.05, 4.69) is 10.3 Å². The Morgan fingerprint density at radius 2 is 1.81 bits per heavy atom. The molecule has 2 aromatic heterocycles. The third-order valence-corrected chi connectivity index (χ3v) is 5.28. The number of fused-ring (bicyclic) bond motifs is 4. The second-order valence-electron chi connectivity index (χ2n) is 7.21. The number of ether oxygens (including phenoxy) is 1. The van der Waals surface area contributed by atoms with Crippen molar-refractivity contribution in [3.05, 3.63) is 77.3 Å². The lowest BCUT2D eigenvalue weighted by atomic mass is 10.1. The molecule has 0 saturated heterocycles. The summed E-state index contributed by atoms with van der Waals surface area (Å²) in [5, 5.41) is 5.29. The molecule has 0 fully saturated rings. The number of nitrogens with one attached hydrogen (secondary N) is 1. The van der Waals surface area contributed by atoms with Gasteiger partial charge in [0.25, 0.3) is 5.56 Å². The van der Waals surface area contributed by atoms with Crippen LogP contribution in [0.15, 0.2) is 76.2 Å². The number of furan rings is 1. The first-order valence-corrected chi connectivity index (χ1v) is 9.87. The molecule has 0 aliphatic rings. The number of hydrogen-bond donors (Lipinski definition) is 1. The lowest BCUT2D eigenvalue weighted by Crippen LogP contribution is -2.23. The van der Waals surface area contributed by atoms with Crippen LogP contribution in [0.1, 0.15) is 6.42 Å². The molecule has 2 heterocycles. The molecule has 0 atom stereocenters. The van der Waals surface area contributed by atoms with Crippen LogP contribution >= 0.6 is 0 Å². The molecule has 31 heavy (non-hydrogen) atoms. The van der Waals surface area contributed by atoms with Crippen molar-refractivity contribution in [1.29, 1.82) is 0 Å². The van der Waals surface area contributed by atoms with E-state index in [9.17, 15) is 9.59 Å². The third kappa shape index (κ3) is 3.40. The zero-order valence-corrected chi connectivity index (χ0v) is 16.8. The largest absolute Gasteiger partial charge is 0.495 e. The first-order valence-electron chi connectivity index (χ1n) is 9.87. The standard InChI is InChI=1S/C24H19N3O4/c1-30-22-12-17-15-6-3-5-9-20(15)31-21(17)13-19(22)26-23(28)10-11-27-14-25-18-8-4-2-7-16(18)24(27)29/h2-9,12-14H,10-11H2,1H3,(H,26,28). The van der Waals surface area contributed by atoms with Crippen molar-refractivity contribution in [3.63, 3.8) is 0 Å². The van der Waals surface area contributed by atoms with Gasteiger partial charge in [-0.05, 0) is 24.3 Å². The molecular formula is C24H19N3O4. The van der Waals surface area contributed by atoms with E-state index in [0.29, 0.717) is 27.9 Å². The number of aryl methyl sites for hydroxylation is 1. The second-order valence-corrected chi connectivity index (χ2v) is 7.21. The van der Waals surface area contributed by atoms with Crippen molar-refractivity contribution < 1.29 is 13.9 Å². The van der Waals surface area contributed by atoms with Crippen LogP contribution in [-0.4, -0.2) is 22.6 Å². The molecule has 0 bridgehead atoms. The molecule has 0 saturated carbocycles. The highest BCUT2D eigenvalue weighted by molar-refractivity contribution is 6.07. The summed E-state index contributed by atoms with van der Waals surface area (Å²) in [7, 11) is 1.55. The van der Waals surface area contributed by atoms with E-state index in [-0.39, 0.29) is 24.4 Å². The Labute approximate surface area is 176 Å². The van der Waals surface area contributed by atoms with Gasteiger partial charge in [0.2, 0.25) is 5.91 Å². The number of carbonyl (C=O) groups excluding carboxylic acids is 1. The van der Waals surface area contributed by atoms with Crippen LogP contribution in [0.3, 0.4) is 0 Å². The molecule has 0 unspecified atom stereocenters. The maximum atomic E-state index is 12.6. The van der Waals surface area contributed by atoms with E-state index < -0.39 is 0 Å². The Morgan fingerprint density at radius 1 is 1.03 bits per heavy atom. The maximum absolute atomic E-state index is 12.6. The van der Waals surface area contributed by atoms with Gasteiger partial charge in [-0.2, -0.15) is 0 Å². The van der Waals surface area contributed by atoms with Crippen LogP contribution in [0.4, 0.5) is 5.69 Å². The molecule has 0 aliphatic heterocycles. The average Bonchev–Trinajstić information content (AvgIpc) is 3.15. The van der Waals surface area contributed by atoms with Gasteiger partial charge < -0.3 is 14.5 Å². The minimum atomic E-state index is -0.242. The predicted molar refractivity (Wildman–Crippen MR) is 120 cm³/mol. The summed E-state index contributed by atoms with van der Waals surface area (Å²) in [6, 6.07) is 18.5. The van der Waals surface area contributed by atoms with Gasteiger partial charge >= 0.3 is 0 Å². The Bertz CT molecular complexity index is 1500. The van der Waals surface area contributed by atoms with E-state index in [1.165, 1.54) is 10.9 Å². The van der Waals surface area contributed by atoms with Gasteiger partial charge in [0.05, 0.1) is 30.0 Å². The van der Waals surface area contributed by atoms with Crippen molar-refractivity contribution in [2.24, 2.45) is 0 Å². The van der Waals surface area contributed by atoms with Crippen LogP contribution in [0.25, 0.3) is 32.8 Å². The Balaban J connectivity index is 1.38. The normalized spacial score (nSPS) is 11.3. The molecule has 7 nitrogen and oxygen atoms in total. The van der Waals surface area contributed by atoms with Crippen molar-refractivity contribution in [2.75, 3.05) is 12.4 Å². The minimum absolute atomic E-state index is 0.112. The molecular weight excluding hydrogens is 394 g/mol. The minimum Gasteiger partial charge on any atom is -0.495 e. The van der Waals surface area contributed by atoms with E-state index in [4.69, 9.17) is 9.15 Å². The van der Waals surface area contributed by atoms with Crippen molar-refractivity contribution >= 4 is 44.4 Å². The first-order chi connectivity index (χ1) is 15.1. The fourth-order valence-corrected chi connectivity index (χ4v) is 3.72. The fraction of sp³-hybridized carbons (Fsp3) is 0.125. The van der Waals surface area contributed by atoms with E-state index in [1.807, 2.05) is 36.4 Å². The topological polar surface area (TPSA) is 86.4 Å². The highest BCUT2D eigenvalue weighted by atomic mass is 16.5. The highest BCUT2D eigenvalue weighted by Gasteiger charge is 2.14. The molecule has 0 spiro atoms. The Morgan fingerprint density at radius 3 is 2.65 bits per heavy atom. The molecule has 5 aromatic rings. The number of benzene rings is 3. The number of nitrogens with zero attached hydrogens (tertiary/aromatic N) is 2. The smallest absolute Gasteiger partial charge is 0.261 e. The molecule has 5 rings (SSSR count). The lowest BCUT2D eigenvalue weighted by molar-refractivity contribution is -0.116. The van der Waals surface area contributed by atoms with E-state index in [0.717, 1.165) is 16.4 Å².